The third kappa shape index (κ3) is 2.01. The van der Waals surface area contributed by atoms with Crippen LogP contribution in [0.3, 0.4) is 0 Å². The summed E-state index contributed by atoms with van der Waals surface area (Å²) in [6.45, 7) is 4.89. The molecule has 16 heavy (non-hydrogen) atoms. The number of morpholine rings is 1. The maximum Gasteiger partial charge on any atom is 0.156 e. The summed E-state index contributed by atoms with van der Waals surface area (Å²) in [6.07, 6.45) is 0. The minimum absolute atomic E-state index is 0.606. The molecule has 0 amide bonds. The van der Waals surface area contributed by atoms with Crippen LogP contribution in [-0.2, 0) is 11.8 Å². The number of aryl methyl sites for hydroxylation is 2. The molecule has 0 aliphatic carbocycles. The SMILES string of the molecule is Cc1nn(C)c(NN2CCOCC2)c1C#N. The van der Waals surface area contributed by atoms with Gasteiger partial charge in [-0.1, -0.05) is 0 Å². The van der Waals surface area contributed by atoms with E-state index in [0.717, 1.165) is 24.6 Å². The zero-order valence-electron chi connectivity index (χ0n) is 9.53. The zero-order valence-corrected chi connectivity index (χ0v) is 9.53. The Morgan fingerprint density at radius 2 is 2.12 bits per heavy atom. The van der Waals surface area contributed by atoms with Crippen LogP contribution in [0.2, 0.25) is 0 Å². The Balaban J connectivity index is 2.17. The quantitative estimate of drug-likeness (QED) is 0.776. The van der Waals surface area contributed by atoms with Crippen molar-refractivity contribution in [3.05, 3.63) is 11.3 Å². The smallest absolute Gasteiger partial charge is 0.156 e. The number of hydrogen-bond donors (Lipinski definition) is 1. The van der Waals surface area contributed by atoms with Crippen LogP contribution in [0.25, 0.3) is 0 Å². The predicted molar refractivity (Wildman–Crippen MR) is 58.7 cm³/mol. The van der Waals surface area contributed by atoms with Gasteiger partial charge in [-0.25, -0.2) is 5.01 Å². The second-order valence-corrected chi connectivity index (χ2v) is 3.76. The van der Waals surface area contributed by atoms with Crippen molar-refractivity contribution in [3.63, 3.8) is 0 Å². The molecule has 1 aliphatic heterocycles. The Morgan fingerprint density at radius 1 is 1.44 bits per heavy atom. The van der Waals surface area contributed by atoms with Gasteiger partial charge in [-0.15, -0.1) is 0 Å². The molecule has 1 fully saturated rings. The van der Waals surface area contributed by atoms with Crippen LogP contribution < -0.4 is 5.43 Å². The molecule has 0 spiro atoms. The summed E-state index contributed by atoms with van der Waals surface area (Å²) < 4.78 is 6.96. The molecule has 86 valence electrons. The predicted octanol–water partition coefficient (Wildman–Crippen LogP) is 0.259. The topological polar surface area (TPSA) is 66.1 Å². The molecule has 0 aromatic carbocycles. The average Bonchev–Trinajstić information content (AvgIpc) is 2.55. The van der Waals surface area contributed by atoms with Crippen molar-refractivity contribution in [2.24, 2.45) is 7.05 Å². The minimum Gasteiger partial charge on any atom is -0.379 e. The molecular formula is C10H15N5O. The summed E-state index contributed by atoms with van der Waals surface area (Å²) in [7, 11) is 1.83. The Labute approximate surface area is 94.4 Å². The highest BCUT2D eigenvalue weighted by molar-refractivity contribution is 5.54. The number of anilines is 1. The second-order valence-electron chi connectivity index (χ2n) is 3.76. The van der Waals surface area contributed by atoms with Crippen molar-refractivity contribution in [2.75, 3.05) is 31.7 Å². The molecule has 2 heterocycles. The Kier molecular flexibility index (Phi) is 3.08. The fourth-order valence-electron chi connectivity index (χ4n) is 1.75. The number of hydrogen-bond acceptors (Lipinski definition) is 5. The first-order valence-corrected chi connectivity index (χ1v) is 5.25. The molecule has 6 nitrogen and oxygen atoms in total. The maximum atomic E-state index is 9.06. The lowest BCUT2D eigenvalue weighted by molar-refractivity contribution is 0.0493. The van der Waals surface area contributed by atoms with Crippen LogP contribution in [0.1, 0.15) is 11.3 Å². The van der Waals surface area contributed by atoms with Gasteiger partial charge in [0, 0.05) is 20.1 Å². The second kappa shape index (κ2) is 4.51. The molecule has 1 aromatic heterocycles. The van der Waals surface area contributed by atoms with Gasteiger partial charge >= 0.3 is 0 Å². The molecule has 2 rings (SSSR count). The van der Waals surface area contributed by atoms with Gasteiger partial charge in [-0.05, 0) is 6.92 Å². The van der Waals surface area contributed by atoms with E-state index < -0.39 is 0 Å². The van der Waals surface area contributed by atoms with Crippen molar-refractivity contribution in [2.45, 2.75) is 6.92 Å². The summed E-state index contributed by atoms with van der Waals surface area (Å²) >= 11 is 0. The van der Waals surface area contributed by atoms with E-state index >= 15 is 0 Å². The van der Waals surface area contributed by atoms with Crippen LogP contribution >= 0.6 is 0 Å². The molecule has 1 aliphatic rings. The summed E-state index contributed by atoms with van der Waals surface area (Å²) in [5.74, 6) is 0.752. The van der Waals surface area contributed by atoms with E-state index in [9.17, 15) is 0 Å². The lowest BCUT2D eigenvalue weighted by atomic mass is 10.3. The van der Waals surface area contributed by atoms with E-state index in [1.54, 1.807) is 4.68 Å². The third-order valence-corrected chi connectivity index (χ3v) is 2.61. The number of aromatic nitrogens is 2. The van der Waals surface area contributed by atoms with Crippen LogP contribution in [0, 0.1) is 18.3 Å². The summed E-state index contributed by atoms with van der Waals surface area (Å²) in [5, 5.41) is 15.3. The fourth-order valence-corrected chi connectivity index (χ4v) is 1.75. The number of nitrogens with one attached hydrogen (secondary N) is 1. The highest BCUT2D eigenvalue weighted by atomic mass is 16.5. The number of ether oxygens (including phenoxy) is 1. The minimum atomic E-state index is 0.606. The van der Waals surface area contributed by atoms with Gasteiger partial charge in [0.25, 0.3) is 0 Å². The van der Waals surface area contributed by atoms with Gasteiger partial charge in [0.05, 0.1) is 18.9 Å². The van der Waals surface area contributed by atoms with Crippen molar-refractivity contribution in [1.29, 1.82) is 5.26 Å². The molecule has 6 heteroatoms. The van der Waals surface area contributed by atoms with Crippen molar-refractivity contribution < 1.29 is 4.74 Å². The molecule has 0 unspecified atom stereocenters. The Bertz CT molecular complexity index is 414. The van der Waals surface area contributed by atoms with Crippen LogP contribution in [0.5, 0.6) is 0 Å². The zero-order chi connectivity index (χ0) is 11.5. The molecule has 0 saturated carbocycles. The van der Waals surface area contributed by atoms with Gasteiger partial charge < -0.3 is 10.2 Å². The number of hydrazine groups is 1. The number of rotatable bonds is 2. The lowest BCUT2D eigenvalue weighted by Gasteiger charge is -2.27. The third-order valence-electron chi connectivity index (χ3n) is 2.61. The largest absolute Gasteiger partial charge is 0.379 e. The number of nitrogens with zero attached hydrogens (tertiary/aromatic N) is 4. The monoisotopic (exact) mass is 221 g/mol. The molecule has 1 aromatic rings. The first-order chi connectivity index (χ1) is 7.72. The Hall–Kier alpha value is -1.58. The highest BCUT2D eigenvalue weighted by Crippen LogP contribution is 2.18. The van der Waals surface area contributed by atoms with Gasteiger partial charge in [0.1, 0.15) is 11.6 Å². The van der Waals surface area contributed by atoms with Crippen molar-refractivity contribution in [1.82, 2.24) is 14.8 Å². The van der Waals surface area contributed by atoms with Crippen LogP contribution in [-0.4, -0.2) is 41.1 Å². The van der Waals surface area contributed by atoms with Crippen LogP contribution in [0.15, 0.2) is 0 Å². The average molecular weight is 221 g/mol. The van der Waals surface area contributed by atoms with E-state index in [-0.39, 0.29) is 0 Å². The van der Waals surface area contributed by atoms with Gasteiger partial charge in [0.2, 0.25) is 0 Å². The van der Waals surface area contributed by atoms with E-state index in [4.69, 9.17) is 10.00 Å². The van der Waals surface area contributed by atoms with Gasteiger partial charge in [-0.3, -0.25) is 4.68 Å². The standard InChI is InChI=1S/C10H15N5O/c1-8-9(7-11)10(14(2)12-8)13-15-3-5-16-6-4-15/h13H,3-6H2,1-2H3. The summed E-state index contributed by atoms with van der Waals surface area (Å²) in [6, 6.07) is 2.17. The molecule has 0 radical (unpaired) electrons. The van der Waals surface area contributed by atoms with Gasteiger partial charge in [-0.2, -0.15) is 10.4 Å². The highest BCUT2D eigenvalue weighted by Gasteiger charge is 2.17. The normalized spacial score (nSPS) is 17.1. The van der Waals surface area contributed by atoms with E-state index in [2.05, 4.69) is 16.6 Å². The number of nitriles is 1. The summed E-state index contributed by atoms with van der Waals surface area (Å²) in [5.41, 5.74) is 4.58. The maximum absolute atomic E-state index is 9.06. The molecule has 0 atom stereocenters. The van der Waals surface area contributed by atoms with Crippen molar-refractivity contribution in [3.8, 4) is 6.07 Å². The molecule has 1 N–H and O–H groups in total. The van der Waals surface area contributed by atoms with E-state index in [1.807, 2.05) is 19.0 Å². The van der Waals surface area contributed by atoms with E-state index in [1.165, 1.54) is 0 Å². The molecular weight excluding hydrogens is 206 g/mol. The fraction of sp³-hybridized carbons (Fsp3) is 0.600. The first-order valence-electron chi connectivity index (χ1n) is 5.25. The van der Waals surface area contributed by atoms with E-state index in [0.29, 0.717) is 18.8 Å². The molecule has 1 saturated heterocycles. The molecule has 0 bridgehead atoms. The Morgan fingerprint density at radius 3 is 2.75 bits per heavy atom. The lowest BCUT2D eigenvalue weighted by Crippen LogP contribution is -2.40. The first kappa shape index (κ1) is 10.9. The van der Waals surface area contributed by atoms with Crippen LogP contribution in [0.4, 0.5) is 5.82 Å². The van der Waals surface area contributed by atoms with Gasteiger partial charge in [0.15, 0.2) is 5.82 Å². The van der Waals surface area contributed by atoms with Crippen molar-refractivity contribution >= 4 is 5.82 Å². The summed E-state index contributed by atoms with van der Waals surface area (Å²) in [4.78, 5) is 0.